The van der Waals surface area contributed by atoms with Crippen molar-refractivity contribution in [2.75, 3.05) is 5.32 Å². The Hall–Kier alpha value is -2.44. The van der Waals surface area contributed by atoms with Gasteiger partial charge in [0.2, 0.25) is 0 Å². The van der Waals surface area contributed by atoms with Crippen LogP contribution in [0.3, 0.4) is 0 Å². The number of nitrogens with one attached hydrogen (secondary N) is 1. The maximum atomic E-state index is 12.3. The molecule has 1 heterocycles. The highest BCUT2D eigenvalue weighted by molar-refractivity contribution is 5.89. The fourth-order valence-corrected chi connectivity index (χ4v) is 1.61. The quantitative estimate of drug-likeness (QED) is 0.873. The van der Waals surface area contributed by atoms with Crippen molar-refractivity contribution >= 4 is 11.8 Å². The van der Waals surface area contributed by atoms with Gasteiger partial charge in [-0.2, -0.15) is 13.9 Å². The van der Waals surface area contributed by atoms with E-state index in [4.69, 9.17) is 5.11 Å². The molecule has 19 heavy (non-hydrogen) atoms. The predicted octanol–water partition coefficient (Wildman–Crippen LogP) is 2.59. The number of alkyl halides is 2. The molecule has 0 aliphatic carbocycles. The van der Waals surface area contributed by atoms with E-state index in [9.17, 15) is 13.6 Å². The highest BCUT2D eigenvalue weighted by Crippen LogP contribution is 2.14. The lowest BCUT2D eigenvalue weighted by molar-refractivity contribution is 0.0568. The van der Waals surface area contributed by atoms with Gasteiger partial charge in [0.15, 0.2) is 0 Å². The van der Waals surface area contributed by atoms with Gasteiger partial charge in [-0.3, -0.25) is 0 Å². The first kappa shape index (κ1) is 13.0. The predicted molar refractivity (Wildman–Crippen MR) is 64.2 cm³/mol. The topological polar surface area (TPSA) is 67.2 Å². The number of carboxylic acids is 1. The van der Waals surface area contributed by atoms with E-state index >= 15 is 0 Å². The summed E-state index contributed by atoms with van der Waals surface area (Å²) in [7, 11) is 0. The smallest absolute Gasteiger partial charge is 0.336 e. The molecule has 0 saturated heterocycles. The molecule has 0 unspecified atom stereocenters. The van der Waals surface area contributed by atoms with Crippen molar-refractivity contribution in [3.63, 3.8) is 0 Å². The zero-order valence-electron chi connectivity index (χ0n) is 9.75. The number of nitrogens with zero attached hydrogens (tertiary/aromatic N) is 2. The van der Waals surface area contributed by atoms with Crippen LogP contribution in [-0.4, -0.2) is 20.9 Å². The largest absolute Gasteiger partial charge is 0.478 e. The molecule has 0 spiro atoms. The van der Waals surface area contributed by atoms with Crippen molar-refractivity contribution in [1.29, 1.82) is 0 Å². The molecule has 2 rings (SSSR count). The van der Waals surface area contributed by atoms with Gasteiger partial charge < -0.3 is 10.4 Å². The Bertz CT molecular complexity index is 584. The monoisotopic (exact) mass is 267 g/mol. The molecule has 5 nitrogen and oxygen atoms in total. The first-order valence-electron chi connectivity index (χ1n) is 5.46. The molecule has 0 bridgehead atoms. The molecule has 0 fully saturated rings. The van der Waals surface area contributed by atoms with Crippen LogP contribution in [0.15, 0.2) is 36.5 Å². The Balaban J connectivity index is 2.08. The number of anilines is 1. The zero-order chi connectivity index (χ0) is 13.8. The third-order valence-electron chi connectivity index (χ3n) is 2.52. The molecular weight excluding hydrogens is 256 g/mol. The summed E-state index contributed by atoms with van der Waals surface area (Å²) in [5, 5.41) is 15.4. The highest BCUT2D eigenvalue weighted by Gasteiger charge is 2.10. The van der Waals surface area contributed by atoms with Crippen LogP contribution in [0, 0.1) is 0 Å². The normalized spacial score (nSPS) is 10.7. The molecule has 2 aromatic rings. The first-order chi connectivity index (χ1) is 9.08. The lowest BCUT2D eigenvalue weighted by Crippen LogP contribution is -2.08. The van der Waals surface area contributed by atoms with Crippen molar-refractivity contribution in [1.82, 2.24) is 9.78 Å². The SMILES string of the molecule is O=C(O)c1ccccc1CNc1ccn(C(F)F)n1. The Morgan fingerprint density at radius 3 is 2.74 bits per heavy atom. The van der Waals surface area contributed by atoms with Crippen LogP contribution in [0.1, 0.15) is 22.5 Å². The number of carboxylic acid groups (broad SMARTS) is 1. The molecule has 7 heteroatoms. The minimum absolute atomic E-state index is 0.170. The summed E-state index contributed by atoms with van der Waals surface area (Å²) in [6.07, 6.45) is 1.15. The number of carbonyl (C=O) groups is 1. The van der Waals surface area contributed by atoms with Gasteiger partial charge in [-0.25, -0.2) is 9.48 Å². The van der Waals surface area contributed by atoms with Crippen LogP contribution >= 0.6 is 0 Å². The van der Waals surface area contributed by atoms with E-state index in [2.05, 4.69) is 10.4 Å². The molecule has 0 aliphatic heterocycles. The third-order valence-corrected chi connectivity index (χ3v) is 2.52. The summed E-state index contributed by atoms with van der Waals surface area (Å²) in [5.41, 5.74) is 0.727. The Morgan fingerprint density at radius 2 is 2.11 bits per heavy atom. The van der Waals surface area contributed by atoms with E-state index in [0.29, 0.717) is 10.2 Å². The van der Waals surface area contributed by atoms with Gasteiger partial charge in [0.25, 0.3) is 0 Å². The molecule has 0 amide bonds. The Kier molecular flexibility index (Phi) is 3.74. The van der Waals surface area contributed by atoms with Crippen LogP contribution in [0.4, 0.5) is 14.6 Å². The molecule has 0 aliphatic rings. The van der Waals surface area contributed by atoms with Gasteiger partial charge in [-0.15, -0.1) is 0 Å². The van der Waals surface area contributed by atoms with E-state index in [1.165, 1.54) is 12.1 Å². The average molecular weight is 267 g/mol. The van der Waals surface area contributed by atoms with Crippen LogP contribution in [0.25, 0.3) is 0 Å². The summed E-state index contributed by atoms with van der Waals surface area (Å²) in [6.45, 7) is -2.50. The standard InChI is InChI=1S/C12H11F2N3O2/c13-12(14)17-6-5-10(16-17)15-7-8-3-1-2-4-9(8)11(18)19/h1-6,12H,7H2,(H,15,16)(H,18,19). The maximum absolute atomic E-state index is 12.3. The molecule has 1 aromatic heterocycles. The second-order valence-electron chi connectivity index (χ2n) is 3.77. The van der Waals surface area contributed by atoms with E-state index in [1.807, 2.05) is 0 Å². The fourth-order valence-electron chi connectivity index (χ4n) is 1.61. The number of hydrogen-bond acceptors (Lipinski definition) is 3. The molecule has 1 aromatic carbocycles. The van der Waals surface area contributed by atoms with Crippen LogP contribution in [0.5, 0.6) is 0 Å². The number of halogens is 2. The lowest BCUT2D eigenvalue weighted by Gasteiger charge is -2.06. The molecular formula is C12H11F2N3O2. The summed E-state index contributed by atoms with van der Waals surface area (Å²) < 4.78 is 25.1. The molecule has 0 saturated carbocycles. The van der Waals surface area contributed by atoms with Gasteiger partial charge >= 0.3 is 12.5 Å². The van der Waals surface area contributed by atoms with Gasteiger partial charge in [0, 0.05) is 18.8 Å². The van der Waals surface area contributed by atoms with Crippen molar-refractivity contribution in [3.05, 3.63) is 47.7 Å². The fraction of sp³-hybridized carbons (Fsp3) is 0.167. The highest BCUT2D eigenvalue weighted by atomic mass is 19.3. The van der Waals surface area contributed by atoms with Gasteiger partial charge in [0.05, 0.1) is 5.56 Å². The van der Waals surface area contributed by atoms with E-state index in [1.54, 1.807) is 18.2 Å². The first-order valence-corrected chi connectivity index (χ1v) is 5.46. The number of rotatable bonds is 5. The number of aromatic carboxylic acids is 1. The van der Waals surface area contributed by atoms with Crippen molar-refractivity contribution in [3.8, 4) is 0 Å². The number of hydrogen-bond donors (Lipinski definition) is 2. The second kappa shape index (κ2) is 5.47. The molecule has 0 atom stereocenters. The Labute approximate surface area is 107 Å². The van der Waals surface area contributed by atoms with Gasteiger partial charge in [-0.05, 0) is 11.6 Å². The third kappa shape index (κ3) is 3.06. The van der Waals surface area contributed by atoms with Crippen LogP contribution < -0.4 is 5.32 Å². The summed E-state index contributed by atoms with van der Waals surface area (Å²) in [5.74, 6) is -0.768. The van der Waals surface area contributed by atoms with Crippen molar-refractivity contribution in [2.45, 2.75) is 13.1 Å². The lowest BCUT2D eigenvalue weighted by atomic mass is 10.1. The van der Waals surface area contributed by atoms with Crippen molar-refractivity contribution < 1.29 is 18.7 Å². The molecule has 2 N–H and O–H groups in total. The van der Waals surface area contributed by atoms with Crippen molar-refractivity contribution in [2.24, 2.45) is 0 Å². The van der Waals surface area contributed by atoms with Gasteiger partial charge in [-0.1, -0.05) is 18.2 Å². The molecule has 0 radical (unpaired) electrons. The molecule has 100 valence electrons. The second-order valence-corrected chi connectivity index (χ2v) is 3.77. The zero-order valence-corrected chi connectivity index (χ0v) is 9.75. The number of aromatic nitrogens is 2. The average Bonchev–Trinajstić information content (AvgIpc) is 2.85. The van der Waals surface area contributed by atoms with Crippen LogP contribution in [-0.2, 0) is 6.54 Å². The number of benzene rings is 1. The Morgan fingerprint density at radius 1 is 1.37 bits per heavy atom. The summed E-state index contributed by atoms with van der Waals surface area (Å²) in [6, 6.07) is 7.87. The van der Waals surface area contributed by atoms with E-state index in [-0.39, 0.29) is 17.9 Å². The van der Waals surface area contributed by atoms with Gasteiger partial charge in [0.1, 0.15) is 5.82 Å². The van der Waals surface area contributed by atoms with Crippen LogP contribution in [0.2, 0.25) is 0 Å². The summed E-state index contributed by atoms with van der Waals surface area (Å²) in [4.78, 5) is 11.0. The summed E-state index contributed by atoms with van der Waals surface area (Å²) >= 11 is 0. The van der Waals surface area contributed by atoms with E-state index in [0.717, 1.165) is 6.20 Å². The minimum Gasteiger partial charge on any atom is -0.478 e. The van der Waals surface area contributed by atoms with E-state index < -0.39 is 12.5 Å². The maximum Gasteiger partial charge on any atom is 0.336 e. The minimum atomic E-state index is -2.69.